The summed E-state index contributed by atoms with van der Waals surface area (Å²) in [5.41, 5.74) is 3.58. The molecule has 2 aromatic rings. The second-order valence-electron chi connectivity index (χ2n) is 12.1. The number of amides is 1. The molecule has 2 aromatic carbocycles. The lowest BCUT2D eigenvalue weighted by atomic mass is 9.42. The molecule has 3 aliphatic carbocycles. The van der Waals surface area contributed by atoms with Gasteiger partial charge in [0.25, 0.3) is 0 Å². The van der Waals surface area contributed by atoms with E-state index >= 15 is 0 Å². The van der Waals surface area contributed by atoms with Crippen LogP contribution in [0.4, 0.5) is 4.79 Å². The third-order valence-corrected chi connectivity index (χ3v) is 10.6. The van der Waals surface area contributed by atoms with Crippen molar-refractivity contribution in [1.82, 2.24) is 9.80 Å². The molecule has 3 saturated heterocycles. The van der Waals surface area contributed by atoms with E-state index in [2.05, 4.69) is 11.0 Å². The molecule has 2 spiro atoms. The lowest BCUT2D eigenvalue weighted by Crippen LogP contribution is -2.72. The van der Waals surface area contributed by atoms with E-state index in [4.69, 9.17) is 9.47 Å². The third kappa shape index (κ3) is 2.69. The SMILES string of the molecule is O=C(OCc1ccccc1)N1CC[C@@]23CC[C@@H]1[C@@H]1Oc4c(O)ccc5c4[C@@]12CCN(CC1CC1)[C@@H]3C5. The number of nitrogens with zero attached hydrogens (tertiary/aromatic N) is 2. The van der Waals surface area contributed by atoms with E-state index in [-0.39, 0.29) is 41.4 Å². The van der Waals surface area contributed by atoms with Gasteiger partial charge in [-0.3, -0.25) is 4.90 Å². The Morgan fingerprint density at radius 1 is 1.06 bits per heavy atom. The van der Waals surface area contributed by atoms with Crippen molar-refractivity contribution in [3.63, 3.8) is 0 Å². The van der Waals surface area contributed by atoms with Gasteiger partial charge in [0, 0.05) is 35.5 Å². The van der Waals surface area contributed by atoms with Crippen molar-refractivity contribution in [3.8, 4) is 11.5 Å². The first-order valence-corrected chi connectivity index (χ1v) is 13.8. The maximum Gasteiger partial charge on any atom is 0.410 e. The number of likely N-dealkylation sites (tertiary alicyclic amines) is 1. The van der Waals surface area contributed by atoms with Gasteiger partial charge in [0.05, 0.1) is 6.04 Å². The van der Waals surface area contributed by atoms with E-state index in [1.807, 2.05) is 41.3 Å². The van der Waals surface area contributed by atoms with Crippen molar-refractivity contribution in [2.24, 2.45) is 11.3 Å². The van der Waals surface area contributed by atoms with Crippen LogP contribution in [0.1, 0.15) is 55.2 Å². The lowest BCUT2D eigenvalue weighted by molar-refractivity contribution is -0.129. The number of benzene rings is 2. The summed E-state index contributed by atoms with van der Waals surface area (Å²) in [6, 6.07) is 14.3. The van der Waals surface area contributed by atoms with Crippen LogP contribution in [0.25, 0.3) is 0 Å². The molecule has 1 amide bonds. The summed E-state index contributed by atoms with van der Waals surface area (Å²) in [7, 11) is 0. The van der Waals surface area contributed by atoms with Crippen molar-refractivity contribution < 1.29 is 19.4 Å². The van der Waals surface area contributed by atoms with Gasteiger partial charge in [-0.2, -0.15) is 0 Å². The summed E-state index contributed by atoms with van der Waals surface area (Å²) in [6.45, 7) is 3.30. The number of fused-ring (bicyclic) bond motifs is 3. The fraction of sp³-hybridized carbons (Fsp3) is 0.567. The maximum atomic E-state index is 13.5. The molecule has 6 heteroatoms. The predicted molar refractivity (Wildman–Crippen MR) is 134 cm³/mol. The molecule has 9 rings (SSSR count). The largest absolute Gasteiger partial charge is 0.504 e. The number of phenolic OH excluding ortho intramolecular Hbond substituents is 1. The van der Waals surface area contributed by atoms with Gasteiger partial charge in [0.1, 0.15) is 12.7 Å². The Balaban J connectivity index is 1.20. The number of aromatic hydroxyl groups is 1. The smallest absolute Gasteiger partial charge is 0.410 e. The summed E-state index contributed by atoms with van der Waals surface area (Å²) in [5.74, 6) is 1.81. The number of ether oxygens (including phenoxy) is 2. The van der Waals surface area contributed by atoms with Crippen molar-refractivity contribution in [1.29, 1.82) is 0 Å². The molecular formula is C30H34N2O4. The number of carbonyl (C=O) groups is 1. The van der Waals surface area contributed by atoms with Crippen molar-refractivity contribution >= 4 is 6.09 Å². The Labute approximate surface area is 212 Å². The zero-order chi connectivity index (χ0) is 24.1. The minimum Gasteiger partial charge on any atom is -0.504 e. The highest BCUT2D eigenvalue weighted by atomic mass is 16.6. The van der Waals surface area contributed by atoms with Crippen LogP contribution >= 0.6 is 0 Å². The topological polar surface area (TPSA) is 62.2 Å². The molecule has 4 aliphatic heterocycles. The van der Waals surface area contributed by atoms with E-state index in [9.17, 15) is 9.90 Å². The van der Waals surface area contributed by atoms with Gasteiger partial charge in [0.15, 0.2) is 11.5 Å². The van der Waals surface area contributed by atoms with Gasteiger partial charge >= 0.3 is 6.09 Å². The minimum absolute atomic E-state index is 0.0303. The lowest BCUT2D eigenvalue weighted by Gasteiger charge is -2.65. The molecule has 2 saturated carbocycles. The third-order valence-electron chi connectivity index (χ3n) is 10.6. The summed E-state index contributed by atoms with van der Waals surface area (Å²) >= 11 is 0. The first kappa shape index (κ1) is 21.4. The highest BCUT2D eigenvalue weighted by molar-refractivity contribution is 5.70. The normalized spacial score (nSPS) is 35.7. The molecule has 1 N–H and O–H groups in total. The van der Waals surface area contributed by atoms with E-state index in [0.717, 1.165) is 56.7 Å². The van der Waals surface area contributed by atoms with Gasteiger partial charge in [-0.05, 0) is 74.6 Å². The molecule has 4 bridgehead atoms. The van der Waals surface area contributed by atoms with Crippen molar-refractivity contribution in [3.05, 3.63) is 59.2 Å². The minimum atomic E-state index is -0.232. The average molecular weight is 487 g/mol. The summed E-state index contributed by atoms with van der Waals surface area (Å²) < 4.78 is 12.6. The number of carbonyl (C=O) groups excluding carboxylic acids is 1. The monoisotopic (exact) mass is 486 g/mol. The molecule has 0 unspecified atom stereocenters. The van der Waals surface area contributed by atoms with Crippen molar-refractivity contribution in [2.45, 2.75) is 75.2 Å². The standard InChI is InChI=1S/C30H34N2O4/c33-23-9-8-21-16-24-29-11-10-22(32(15-12-29)28(34)35-18-20-4-2-1-3-5-20)27-30(29,25(21)26(23)36-27)13-14-31(24)17-19-6-7-19/h1-5,8-9,19,22,24,27,33H,6-7,10-18H2/t22-,24-,27+,29-,30+/m1/s1. The zero-order valence-electron chi connectivity index (χ0n) is 20.7. The molecule has 5 atom stereocenters. The van der Waals surface area contributed by atoms with Gasteiger partial charge in [-0.25, -0.2) is 4.79 Å². The van der Waals surface area contributed by atoms with Gasteiger partial charge in [-0.15, -0.1) is 0 Å². The Morgan fingerprint density at radius 3 is 2.75 bits per heavy atom. The number of piperidine rings is 1. The highest BCUT2D eigenvalue weighted by Crippen LogP contribution is 2.71. The Morgan fingerprint density at radius 2 is 1.92 bits per heavy atom. The van der Waals surface area contributed by atoms with E-state index in [0.29, 0.717) is 11.8 Å². The van der Waals surface area contributed by atoms with Crippen LogP contribution < -0.4 is 4.74 Å². The molecule has 6 nitrogen and oxygen atoms in total. The molecule has 188 valence electrons. The van der Waals surface area contributed by atoms with Crippen LogP contribution in [0.5, 0.6) is 11.5 Å². The molecule has 0 radical (unpaired) electrons. The zero-order valence-corrected chi connectivity index (χ0v) is 20.7. The van der Waals surface area contributed by atoms with Gasteiger partial charge in [-0.1, -0.05) is 36.4 Å². The first-order chi connectivity index (χ1) is 17.6. The maximum absolute atomic E-state index is 13.5. The Kier molecular flexibility index (Phi) is 4.40. The summed E-state index contributed by atoms with van der Waals surface area (Å²) in [5, 5.41) is 10.9. The number of rotatable bonds is 4. The fourth-order valence-electron chi connectivity index (χ4n) is 9.02. The van der Waals surface area contributed by atoms with Crippen LogP contribution in [0, 0.1) is 11.3 Å². The Hall–Kier alpha value is -2.73. The van der Waals surface area contributed by atoms with Gasteiger partial charge in [0.2, 0.25) is 0 Å². The van der Waals surface area contributed by atoms with Crippen molar-refractivity contribution in [2.75, 3.05) is 19.6 Å². The van der Waals surface area contributed by atoms with E-state index in [1.165, 1.54) is 30.5 Å². The molecule has 5 fully saturated rings. The van der Waals surface area contributed by atoms with E-state index < -0.39 is 0 Å². The van der Waals surface area contributed by atoms with Crippen LogP contribution in [-0.2, 0) is 23.2 Å². The number of hydrogen-bond acceptors (Lipinski definition) is 5. The van der Waals surface area contributed by atoms with Gasteiger partial charge < -0.3 is 19.5 Å². The van der Waals surface area contributed by atoms with E-state index in [1.54, 1.807) is 0 Å². The highest BCUT2D eigenvalue weighted by Gasteiger charge is 2.74. The Bertz CT molecular complexity index is 1230. The molecule has 0 aromatic heterocycles. The van der Waals surface area contributed by atoms with Crippen LogP contribution in [-0.4, -0.2) is 58.8 Å². The summed E-state index contributed by atoms with van der Waals surface area (Å²) in [4.78, 5) is 18.3. The van der Waals surface area contributed by atoms with Crippen LogP contribution in [0.3, 0.4) is 0 Å². The molecule has 36 heavy (non-hydrogen) atoms. The number of phenols is 1. The second-order valence-corrected chi connectivity index (χ2v) is 12.1. The fourth-order valence-corrected chi connectivity index (χ4v) is 9.02. The van der Waals surface area contributed by atoms with Crippen LogP contribution in [0.15, 0.2) is 42.5 Å². The average Bonchev–Trinajstić information content (AvgIpc) is 3.69. The predicted octanol–water partition coefficient (Wildman–Crippen LogP) is 4.62. The number of hydrogen-bond donors (Lipinski definition) is 1. The second kappa shape index (κ2) is 7.41. The molecule has 4 heterocycles. The molecule has 7 aliphatic rings. The summed E-state index contributed by atoms with van der Waals surface area (Å²) in [6.07, 6.45) is 7.48. The molecular weight excluding hydrogens is 452 g/mol. The van der Waals surface area contributed by atoms with Crippen LogP contribution in [0.2, 0.25) is 0 Å². The quantitative estimate of drug-likeness (QED) is 0.683. The first-order valence-electron chi connectivity index (χ1n) is 13.8.